The number of unbranched alkanes of at least 4 members (excludes halogenated alkanes) is 6. The van der Waals surface area contributed by atoms with Crippen molar-refractivity contribution in [3.05, 3.63) is 24.3 Å². The molecule has 7 N–H and O–H groups in total. The topological polar surface area (TPSA) is 160 Å². The Morgan fingerprint density at radius 3 is 2.41 bits per heavy atom. The van der Waals surface area contributed by atoms with Crippen molar-refractivity contribution in [2.45, 2.75) is 145 Å². The van der Waals surface area contributed by atoms with Gasteiger partial charge in [-0.2, -0.15) is 11.8 Å². The lowest BCUT2D eigenvalue weighted by atomic mass is 9.89. The summed E-state index contributed by atoms with van der Waals surface area (Å²) in [6, 6.07) is 0.414. The highest BCUT2D eigenvalue weighted by Gasteiger charge is 2.42. The van der Waals surface area contributed by atoms with Gasteiger partial charge in [0.1, 0.15) is 0 Å². The van der Waals surface area contributed by atoms with Gasteiger partial charge in [-0.25, -0.2) is 4.79 Å². The van der Waals surface area contributed by atoms with Gasteiger partial charge in [-0.05, 0) is 63.7 Å². The summed E-state index contributed by atoms with van der Waals surface area (Å²) >= 11 is 1.91. The number of amides is 4. The fraction of sp³-hybridized carbons (Fsp3) is 0.800. The molecule has 0 spiro atoms. The first kappa shape index (κ1) is 38.4. The molecule has 5 unspecified atom stereocenters. The molecule has 4 amide bonds. The second-order valence-electron chi connectivity index (χ2n) is 13.3. The quantitative estimate of drug-likeness (QED) is 0.0492. The van der Waals surface area contributed by atoms with Gasteiger partial charge in [-0.15, -0.1) is 0 Å². The number of aliphatic hydroxyl groups is 3. The molecule has 2 heterocycles. The van der Waals surface area contributed by atoms with Crippen molar-refractivity contribution in [2.24, 2.45) is 11.8 Å². The fourth-order valence-corrected chi connectivity index (χ4v) is 8.29. The number of hydrogen-bond acceptors (Lipinski definition) is 7. The maximum absolute atomic E-state index is 12.2. The molecule has 2 saturated heterocycles. The van der Waals surface area contributed by atoms with Gasteiger partial charge in [-0.1, -0.05) is 56.9 Å². The van der Waals surface area contributed by atoms with E-state index in [-0.39, 0.29) is 41.8 Å². The van der Waals surface area contributed by atoms with Crippen LogP contribution in [0.1, 0.15) is 110 Å². The molecule has 3 fully saturated rings. The van der Waals surface area contributed by atoms with Gasteiger partial charge < -0.3 is 36.6 Å². The molecule has 2 aliphatic heterocycles. The second-order valence-corrected chi connectivity index (χ2v) is 14.6. The molecule has 0 bridgehead atoms. The van der Waals surface area contributed by atoms with Crippen molar-refractivity contribution in [1.82, 2.24) is 21.3 Å². The highest BCUT2D eigenvalue weighted by atomic mass is 32.2. The lowest BCUT2D eigenvalue weighted by Crippen LogP contribution is -2.36. The van der Waals surface area contributed by atoms with Crippen molar-refractivity contribution >= 4 is 29.6 Å². The Morgan fingerprint density at radius 2 is 1.67 bits per heavy atom. The summed E-state index contributed by atoms with van der Waals surface area (Å²) in [7, 11) is 0. The molecule has 0 aromatic carbocycles. The number of allylic oxidation sites excluding steroid dienone is 2. The Balaban J connectivity index is 1.13. The molecule has 0 aromatic heterocycles. The van der Waals surface area contributed by atoms with Crippen LogP contribution in [0.25, 0.3) is 0 Å². The minimum atomic E-state index is -0.595. The number of carbonyl (C=O) groups excluding carboxylic acids is 3. The molecule has 3 aliphatic rings. The highest BCUT2D eigenvalue weighted by molar-refractivity contribution is 8.00. The van der Waals surface area contributed by atoms with Gasteiger partial charge in [0.15, 0.2) is 0 Å². The van der Waals surface area contributed by atoms with E-state index < -0.39 is 18.3 Å². The van der Waals surface area contributed by atoms with E-state index >= 15 is 0 Å². The number of thioether (sulfide) groups is 1. The van der Waals surface area contributed by atoms with E-state index in [9.17, 15) is 29.7 Å². The van der Waals surface area contributed by atoms with E-state index in [1.807, 2.05) is 23.9 Å². The Bertz CT molecular complexity index is 981. The van der Waals surface area contributed by atoms with Gasteiger partial charge in [0.05, 0.1) is 30.4 Å². The molecule has 8 atom stereocenters. The lowest BCUT2D eigenvalue weighted by Gasteiger charge is -2.19. The summed E-state index contributed by atoms with van der Waals surface area (Å²) in [5.74, 6) is 0.875. The van der Waals surface area contributed by atoms with Crippen LogP contribution < -0.4 is 21.3 Å². The van der Waals surface area contributed by atoms with Crippen LogP contribution in [0.15, 0.2) is 24.3 Å². The smallest absolute Gasteiger partial charge is 0.315 e. The van der Waals surface area contributed by atoms with Crippen molar-refractivity contribution in [1.29, 1.82) is 0 Å². The summed E-state index contributed by atoms with van der Waals surface area (Å²) in [5, 5.41) is 43.4. The van der Waals surface area contributed by atoms with Crippen molar-refractivity contribution in [2.75, 3.05) is 18.8 Å². The molecular weight excluding hydrogens is 604 g/mol. The van der Waals surface area contributed by atoms with Gasteiger partial charge in [0.25, 0.3) is 0 Å². The molecule has 11 heteroatoms. The van der Waals surface area contributed by atoms with Crippen LogP contribution in [0.3, 0.4) is 0 Å². The first-order chi connectivity index (χ1) is 22.3. The molecule has 1 aliphatic carbocycles. The Hall–Kier alpha value is -2.08. The Kier molecular flexibility index (Phi) is 18.1. The summed E-state index contributed by atoms with van der Waals surface area (Å²) in [4.78, 5) is 35.8. The van der Waals surface area contributed by atoms with Gasteiger partial charge in [0.2, 0.25) is 11.8 Å². The number of carbonyl (C=O) groups is 3. The molecule has 0 aromatic rings. The zero-order chi connectivity index (χ0) is 33.1. The van der Waals surface area contributed by atoms with Crippen LogP contribution in [0.4, 0.5) is 4.79 Å². The van der Waals surface area contributed by atoms with Crippen LogP contribution in [0.5, 0.6) is 0 Å². The maximum atomic E-state index is 12.2. The molecule has 0 radical (unpaired) electrons. The third-order valence-electron chi connectivity index (χ3n) is 9.50. The van der Waals surface area contributed by atoms with E-state index in [1.165, 1.54) is 0 Å². The van der Waals surface area contributed by atoms with Crippen LogP contribution in [0.2, 0.25) is 0 Å². The molecule has 3 rings (SSSR count). The SMILES string of the molecule is CCCCCC(O)/C=C/[C@H]1C(O)CC(O)[C@@H]1C/C=C\CCCC(=O)NCCCCCNC(=O)CCCC[C@H]1SCC2NC(=O)NC21. The summed E-state index contributed by atoms with van der Waals surface area (Å²) < 4.78 is 0. The summed E-state index contributed by atoms with van der Waals surface area (Å²) in [6.45, 7) is 3.44. The minimum Gasteiger partial charge on any atom is -0.393 e. The van der Waals surface area contributed by atoms with E-state index in [1.54, 1.807) is 6.08 Å². The van der Waals surface area contributed by atoms with E-state index in [4.69, 9.17) is 0 Å². The monoisotopic (exact) mass is 664 g/mol. The van der Waals surface area contributed by atoms with Crippen LogP contribution >= 0.6 is 11.8 Å². The second kappa shape index (κ2) is 21.7. The first-order valence-electron chi connectivity index (χ1n) is 17.9. The average Bonchev–Trinajstić information content (AvgIpc) is 3.66. The molecule has 262 valence electrons. The van der Waals surface area contributed by atoms with Gasteiger partial charge in [0, 0.05) is 49.3 Å². The van der Waals surface area contributed by atoms with Gasteiger partial charge >= 0.3 is 6.03 Å². The van der Waals surface area contributed by atoms with Crippen molar-refractivity contribution < 1.29 is 29.7 Å². The predicted octanol–water partition coefficient (Wildman–Crippen LogP) is 4.09. The van der Waals surface area contributed by atoms with Crippen molar-refractivity contribution in [3.63, 3.8) is 0 Å². The standard InChI is InChI=1S/C35H60N4O6S/c1-2-3-7-14-25(40)19-20-27-26(29(41)23-30(27)42)15-8-4-5-9-17-32(43)36-21-12-6-13-22-37-33(44)18-11-10-16-31-34-28(24-46-31)38-35(45)39-34/h4,8,19-20,25-31,34,40-42H,2-3,5-7,9-18,21-24H2,1H3,(H,36,43)(H,37,44)(H2,38,39,45)/b8-4-,20-19+/t25?,26-,27-,28?,29?,30?,31-,34?/m1/s1. The van der Waals surface area contributed by atoms with Crippen LogP contribution in [-0.4, -0.2) is 87.7 Å². The van der Waals surface area contributed by atoms with E-state index in [0.717, 1.165) is 82.8 Å². The number of hydrogen-bond donors (Lipinski definition) is 7. The normalized spacial score (nSPS) is 28.0. The number of rotatable bonds is 23. The van der Waals surface area contributed by atoms with Crippen molar-refractivity contribution in [3.8, 4) is 0 Å². The zero-order valence-corrected chi connectivity index (χ0v) is 28.7. The van der Waals surface area contributed by atoms with E-state index in [0.29, 0.717) is 44.0 Å². The maximum Gasteiger partial charge on any atom is 0.315 e. The van der Waals surface area contributed by atoms with Crippen LogP contribution in [-0.2, 0) is 9.59 Å². The van der Waals surface area contributed by atoms with E-state index in [2.05, 4.69) is 34.3 Å². The highest BCUT2D eigenvalue weighted by Crippen LogP contribution is 2.36. The molecule has 46 heavy (non-hydrogen) atoms. The predicted molar refractivity (Wildman–Crippen MR) is 184 cm³/mol. The van der Waals surface area contributed by atoms with Crippen LogP contribution in [0, 0.1) is 11.8 Å². The molecule has 1 saturated carbocycles. The fourth-order valence-electron chi connectivity index (χ4n) is 6.75. The number of aliphatic hydroxyl groups excluding tert-OH is 3. The largest absolute Gasteiger partial charge is 0.393 e. The number of urea groups is 1. The Morgan fingerprint density at radius 1 is 0.935 bits per heavy atom. The number of fused-ring (bicyclic) bond motifs is 1. The van der Waals surface area contributed by atoms with Gasteiger partial charge in [-0.3, -0.25) is 9.59 Å². The first-order valence-corrected chi connectivity index (χ1v) is 18.9. The zero-order valence-electron chi connectivity index (χ0n) is 27.8. The number of nitrogens with one attached hydrogen (secondary N) is 4. The molecule has 10 nitrogen and oxygen atoms in total. The third kappa shape index (κ3) is 14.0. The minimum absolute atomic E-state index is 0.0526. The summed E-state index contributed by atoms with van der Waals surface area (Å²) in [6.07, 6.45) is 19.2. The Labute approximate surface area is 280 Å². The lowest BCUT2D eigenvalue weighted by molar-refractivity contribution is -0.121. The average molecular weight is 665 g/mol. The summed E-state index contributed by atoms with van der Waals surface area (Å²) in [5.41, 5.74) is 0. The molecular formula is C35H60N4O6S. The third-order valence-corrected chi connectivity index (χ3v) is 11.0.